The van der Waals surface area contributed by atoms with Gasteiger partial charge in [0.2, 0.25) is 5.95 Å². The number of aromatic nitrogens is 4. The van der Waals surface area contributed by atoms with Crippen LogP contribution in [0, 0.1) is 0 Å². The second-order valence-corrected chi connectivity index (χ2v) is 3.40. The highest BCUT2D eigenvalue weighted by Crippen LogP contribution is 2.15. The molecule has 0 radical (unpaired) electrons. The van der Waals surface area contributed by atoms with Crippen LogP contribution in [0.5, 0.6) is 0 Å². The molecule has 0 aliphatic rings. The minimum atomic E-state index is 0.361. The standard InChI is InChI=1S/C9H13N5/c1-6(2)14-5-12-7-4-11-9(10-3)13-8(7)14/h4-6H,1-3H3,(H,10,11,13). The summed E-state index contributed by atoms with van der Waals surface area (Å²) in [6, 6.07) is 0.361. The van der Waals surface area contributed by atoms with E-state index < -0.39 is 0 Å². The Labute approximate surface area is 82.2 Å². The van der Waals surface area contributed by atoms with Crippen molar-refractivity contribution in [2.75, 3.05) is 12.4 Å². The van der Waals surface area contributed by atoms with E-state index in [0.29, 0.717) is 12.0 Å². The molecular formula is C9H13N5. The van der Waals surface area contributed by atoms with Gasteiger partial charge in [0.25, 0.3) is 0 Å². The van der Waals surface area contributed by atoms with Crippen LogP contribution in [0.4, 0.5) is 5.95 Å². The Morgan fingerprint density at radius 2 is 2.14 bits per heavy atom. The second-order valence-electron chi connectivity index (χ2n) is 3.40. The van der Waals surface area contributed by atoms with E-state index in [0.717, 1.165) is 11.2 Å². The van der Waals surface area contributed by atoms with Crippen LogP contribution in [-0.4, -0.2) is 26.6 Å². The lowest BCUT2D eigenvalue weighted by atomic mass is 10.4. The average molecular weight is 191 g/mol. The Morgan fingerprint density at radius 3 is 2.79 bits per heavy atom. The SMILES string of the molecule is CNc1ncc2ncn(C(C)C)c2n1. The normalized spacial score (nSPS) is 11.1. The van der Waals surface area contributed by atoms with Gasteiger partial charge in [-0.25, -0.2) is 9.97 Å². The van der Waals surface area contributed by atoms with Crippen molar-refractivity contribution in [1.82, 2.24) is 19.5 Å². The van der Waals surface area contributed by atoms with Crippen LogP contribution < -0.4 is 5.32 Å². The summed E-state index contributed by atoms with van der Waals surface area (Å²) in [5, 5.41) is 2.91. The van der Waals surface area contributed by atoms with Crippen molar-refractivity contribution >= 4 is 17.1 Å². The largest absolute Gasteiger partial charge is 0.357 e. The molecule has 0 aromatic carbocycles. The van der Waals surface area contributed by atoms with E-state index in [9.17, 15) is 0 Å². The highest BCUT2D eigenvalue weighted by Gasteiger charge is 2.07. The van der Waals surface area contributed by atoms with E-state index in [1.165, 1.54) is 0 Å². The molecule has 2 aromatic rings. The highest BCUT2D eigenvalue weighted by molar-refractivity contribution is 5.70. The first-order chi connectivity index (χ1) is 6.72. The van der Waals surface area contributed by atoms with Gasteiger partial charge in [0.1, 0.15) is 5.52 Å². The maximum Gasteiger partial charge on any atom is 0.224 e. The lowest BCUT2D eigenvalue weighted by molar-refractivity contribution is 0.613. The van der Waals surface area contributed by atoms with Gasteiger partial charge >= 0.3 is 0 Å². The number of nitrogens with one attached hydrogen (secondary N) is 1. The second kappa shape index (κ2) is 3.25. The number of rotatable bonds is 2. The minimum absolute atomic E-state index is 0.361. The van der Waals surface area contributed by atoms with Crippen LogP contribution in [0.2, 0.25) is 0 Å². The third-order valence-electron chi connectivity index (χ3n) is 2.10. The van der Waals surface area contributed by atoms with Crippen molar-refractivity contribution in [3.05, 3.63) is 12.5 Å². The van der Waals surface area contributed by atoms with Gasteiger partial charge in [-0.15, -0.1) is 0 Å². The van der Waals surface area contributed by atoms with E-state index in [2.05, 4.69) is 34.1 Å². The molecule has 2 rings (SSSR count). The molecule has 0 saturated carbocycles. The van der Waals surface area contributed by atoms with Gasteiger partial charge in [-0.1, -0.05) is 0 Å². The Balaban J connectivity index is 2.63. The molecule has 2 heterocycles. The predicted molar refractivity (Wildman–Crippen MR) is 55.3 cm³/mol. The van der Waals surface area contributed by atoms with Gasteiger partial charge in [-0.2, -0.15) is 4.98 Å². The smallest absolute Gasteiger partial charge is 0.224 e. The van der Waals surface area contributed by atoms with Crippen LogP contribution in [0.3, 0.4) is 0 Å². The Hall–Kier alpha value is -1.65. The molecule has 0 amide bonds. The molecule has 0 aliphatic heterocycles. The molecule has 0 aliphatic carbocycles. The van der Waals surface area contributed by atoms with E-state index in [1.807, 2.05) is 4.57 Å². The summed E-state index contributed by atoms with van der Waals surface area (Å²) in [7, 11) is 1.80. The average Bonchev–Trinajstić information content (AvgIpc) is 2.59. The summed E-state index contributed by atoms with van der Waals surface area (Å²) in [6.45, 7) is 4.20. The maximum atomic E-state index is 4.35. The third kappa shape index (κ3) is 1.30. The van der Waals surface area contributed by atoms with Crippen molar-refractivity contribution in [2.45, 2.75) is 19.9 Å². The molecule has 0 spiro atoms. The van der Waals surface area contributed by atoms with Gasteiger partial charge in [0.05, 0.1) is 12.5 Å². The number of hydrogen-bond acceptors (Lipinski definition) is 4. The van der Waals surface area contributed by atoms with Crippen LogP contribution in [0.15, 0.2) is 12.5 Å². The molecule has 1 N–H and O–H groups in total. The van der Waals surface area contributed by atoms with E-state index in [4.69, 9.17) is 0 Å². The van der Waals surface area contributed by atoms with E-state index in [1.54, 1.807) is 19.6 Å². The zero-order valence-electron chi connectivity index (χ0n) is 8.52. The fourth-order valence-electron chi connectivity index (χ4n) is 1.32. The first kappa shape index (κ1) is 8.93. The quantitative estimate of drug-likeness (QED) is 0.780. The van der Waals surface area contributed by atoms with Gasteiger partial charge in [-0.05, 0) is 13.8 Å². The molecule has 0 bridgehead atoms. The molecule has 74 valence electrons. The molecular weight excluding hydrogens is 178 g/mol. The molecule has 0 fully saturated rings. The monoisotopic (exact) mass is 191 g/mol. The van der Waals surface area contributed by atoms with Gasteiger partial charge in [-0.3, -0.25) is 0 Å². The molecule has 0 unspecified atom stereocenters. The summed E-state index contributed by atoms with van der Waals surface area (Å²) in [6.07, 6.45) is 3.52. The summed E-state index contributed by atoms with van der Waals surface area (Å²) >= 11 is 0. The Bertz CT molecular complexity index is 445. The van der Waals surface area contributed by atoms with Crippen molar-refractivity contribution in [2.24, 2.45) is 0 Å². The summed E-state index contributed by atoms with van der Waals surface area (Å²) < 4.78 is 2.03. The summed E-state index contributed by atoms with van der Waals surface area (Å²) in [5.41, 5.74) is 1.71. The van der Waals surface area contributed by atoms with Crippen molar-refractivity contribution < 1.29 is 0 Å². The molecule has 2 aromatic heterocycles. The molecule has 0 saturated heterocycles. The van der Waals surface area contributed by atoms with Gasteiger partial charge in [0, 0.05) is 13.1 Å². The first-order valence-corrected chi connectivity index (χ1v) is 4.59. The summed E-state index contributed by atoms with van der Waals surface area (Å²) in [5.74, 6) is 0.625. The summed E-state index contributed by atoms with van der Waals surface area (Å²) in [4.78, 5) is 12.7. The fraction of sp³-hybridized carbons (Fsp3) is 0.444. The highest BCUT2D eigenvalue weighted by atomic mass is 15.2. The van der Waals surface area contributed by atoms with Crippen LogP contribution >= 0.6 is 0 Å². The van der Waals surface area contributed by atoms with E-state index >= 15 is 0 Å². The van der Waals surface area contributed by atoms with Crippen LogP contribution in [-0.2, 0) is 0 Å². The number of imidazole rings is 1. The molecule has 5 nitrogen and oxygen atoms in total. The van der Waals surface area contributed by atoms with E-state index in [-0.39, 0.29) is 0 Å². The number of anilines is 1. The Morgan fingerprint density at radius 1 is 1.36 bits per heavy atom. The topological polar surface area (TPSA) is 55.6 Å². The number of fused-ring (bicyclic) bond motifs is 1. The van der Waals surface area contributed by atoms with Gasteiger partial charge in [0.15, 0.2) is 5.65 Å². The fourth-order valence-corrected chi connectivity index (χ4v) is 1.32. The zero-order chi connectivity index (χ0) is 10.1. The Kier molecular flexibility index (Phi) is 2.07. The lowest BCUT2D eigenvalue weighted by Crippen LogP contribution is -2.02. The third-order valence-corrected chi connectivity index (χ3v) is 2.10. The molecule has 0 atom stereocenters. The maximum absolute atomic E-state index is 4.35. The van der Waals surface area contributed by atoms with Crippen molar-refractivity contribution in [3.63, 3.8) is 0 Å². The van der Waals surface area contributed by atoms with Crippen LogP contribution in [0.25, 0.3) is 11.2 Å². The number of hydrogen-bond donors (Lipinski definition) is 1. The predicted octanol–water partition coefficient (Wildman–Crippen LogP) is 1.45. The first-order valence-electron chi connectivity index (χ1n) is 4.59. The van der Waals surface area contributed by atoms with Crippen molar-refractivity contribution in [1.29, 1.82) is 0 Å². The number of nitrogens with zero attached hydrogens (tertiary/aromatic N) is 4. The van der Waals surface area contributed by atoms with Gasteiger partial charge < -0.3 is 9.88 Å². The lowest BCUT2D eigenvalue weighted by Gasteiger charge is -2.06. The minimum Gasteiger partial charge on any atom is -0.357 e. The zero-order valence-corrected chi connectivity index (χ0v) is 8.52. The van der Waals surface area contributed by atoms with Crippen LogP contribution in [0.1, 0.15) is 19.9 Å². The molecule has 5 heteroatoms. The molecule has 14 heavy (non-hydrogen) atoms. The van der Waals surface area contributed by atoms with Crippen molar-refractivity contribution in [3.8, 4) is 0 Å².